The van der Waals surface area contributed by atoms with Gasteiger partial charge in [0.15, 0.2) is 0 Å². The molecule has 0 radical (unpaired) electrons. The molecule has 14 heavy (non-hydrogen) atoms. The van der Waals surface area contributed by atoms with Gasteiger partial charge < -0.3 is 5.32 Å². The average molecular weight is 302 g/mol. The number of pyridine rings is 1. The van der Waals surface area contributed by atoms with Crippen LogP contribution in [0.4, 0.5) is 5.82 Å². The van der Waals surface area contributed by atoms with E-state index in [4.69, 9.17) is 0 Å². The molecule has 0 aliphatic heterocycles. The topological polar surface area (TPSA) is 24.9 Å². The Morgan fingerprint density at radius 3 is 2.86 bits per heavy atom. The van der Waals surface area contributed by atoms with Gasteiger partial charge in [-0.15, -0.1) is 0 Å². The van der Waals surface area contributed by atoms with Gasteiger partial charge in [0.25, 0.3) is 0 Å². The molecule has 1 fully saturated rings. The van der Waals surface area contributed by atoms with Crippen LogP contribution in [0.15, 0.2) is 18.3 Å². The molecule has 76 valence electrons. The molecule has 1 atom stereocenters. The molecule has 0 bridgehead atoms. The molecule has 2 rings (SSSR count). The molecule has 1 aromatic heterocycles. The number of aromatic nitrogens is 1. The van der Waals surface area contributed by atoms with Crippen molar-refractivity contribution in [1.82, 2.24) is 4.98 Å². The number of hydrogen-bond donors (Lipinski definition) is 1. The average Bonchev–Trinajstić information content (AvgIpc) is 2.15. The van der Waals surface area contributed by atoms with Gasteiger partial charge in [-0.3, -0.25) is 0 Å². The van der Waals surface area contributed by atoms with Crippen LogP contribution in [0.25, 0.3) is 0 Å². The third kappa shape index (κ3) is 1.87. The minimum absolute atomic E-state index is 0.431. The summed E-state index contributed by atoms with van der Waals surface area (Å²) in [4.78, 5) is 4.35. The van der Waals surface area contributed by atoms with Crippen LogP contribution >= 0.6 is 22.6 Å². The van der Waals surface area contributed by atoms with Crippen molar-refractivity contribution in [3.8, 4) is 0 Å². The van der Waals surface area contributed by atoms with E-state index in [-0.39, 0.29) is 0 Å². The van der Waals surface area contributed by atoms with Crippen molar-refractivity contribution in [1.29, 1.82) is 0 Å². The van der Waals surface area contributed by atoms with Crippen LogP contribution in [0.1, 0.15) is 26.7 Å². The zero-order chi connectivity index (χ0) is 10.2. The molecule has 0 amide bonds. The Kier molecular flexibility index (Phi) is 2.68. The Labute approximate surface area is 98.6 Å². The Hall–Kier alpha value is -0.320. The molecule has 1 unspecified atom stereocenters. The summed E-state index contributed by atoms with van der Waals surface area (Å²) in [6.07, 6.45) is 4.42. The molecule has 0 saturated heterocycles. The second-order valence-electron chi connectivity index (χ2n) is 4.56. The highest BCUT2D eigenvalue weighted by atomic mass is 127. The number of hydrogen-bond acceptors (Lipinski definition) is 2. The van der Waals surface area contributed by atoms with E-state index >= 15 is 0 Å². The summed E-state index contributed by atoms with van der Waals surface area (Å²) in [6, 6.07) is 4.64. The first kappa shape index (κ1) is 10.2. The molecule has 1 aliphatic rings. The summed E-state index contributed by atoms with van der Waals surface area (Å²) in [7, 11) is 0. The zero-order valence-corrected chi connectivity index (χ0v) is 10.7. The SMILES string of the molecule is CC1(C)CCC1Nc1ncccc1I. The van der Waals surface area contributed by atoms with Crippen molar-refractivity contribution in [2.24, 2.45) is 5.41 Å². The summed E-state index contributed by atoms with van der Waals surface area (Å²) in [5.41, 5.74) is 0.431. The van der Waals surface area contributed by atoms with Crippen molar-refractivity contribution in [3.63, 3.8) is 0 Å². The molecule has 2 nitrogen and oxygen atoms in total. The van der Waals surface area contributed by atoms with Crippen LogP contribution < -0.4 is 5.32 Å². The van der Waals surface area contributed by atoms with Crippen molar-refractivity contribution >= 4 is 28.4 Å². The molecule has 0 aromatic carbocycles. The van der Waals surface area contributed by atoms with Gasteiger partial charge in [-0.2, -0.15) is 0 Å². The van der Waals surface area contributed by atoms with Crippen molar-refractivity contribution < 1.29 is 0 Å². The van der Waals surface area contributed by atoms with Crippen molar-refractivity contribution in [2.75, 3.05) is 5.32 Å². The predicted octanol–water partition coefficient (Wildman–Crippen LogP) is 3.29. The van der Waals surface area contributed by atoms with Crippen LogP contribution in [0.5, 0.6) is 0 Å². The number of halogens is 1. The van der Waals surface area contributed by atoms with E-state index in [2.05, 4.69) is 52.8 Å². The summed E-state index contributed by atoms with van der Waals surface area (Å²) < 4.78 is 1.20. The molecule has 1 aromatic rings. The van der Waals surface area contributed by atoms with Gasteiger partial charge >= 0.3 is 0 Å². The number of anilines is 1. The molecule has 3 heteroatoms. The summed E-state index contributed by atoms with van der Waals surface area (Å²) in [6.45, 7) is 4.62. The third-order valence-corrected chi connectivity index (χ3v) is 3.96. The molecule has 0 spiro atoms. The lowest BCUT2D eigenvalue weighted by molar-refractivity contribution is 0.159. The molecule has 1 saturated carbocycles. The van der Waals surface area contributed by atoms with Crippen LogP contribution in [-0.4, -0.2) is 11.0 Å². The maximum Gasteiger partial charge on any atom is 0.139 e. The van der Waals surface area contributed by atoms with Gasteiger partial charge in [0.05, 0.1) is 3.57 Å². The Morgan fingerprint density at radius 2 is 2.36 bits per heavy atom. The largest absolute Gasteiger partial charge is 0.366 e. The smallest absolute Gasteiger partial charge is 0.139 e. The van der Waals surface area contributed by atoms with Crippen LogP contribution in [0.3, 0.4) is 0 Å². The third-order valence-electron chi connectivity index (χ3n) is 3.09. The minimum atomic E-state index is 0.431. The van der Waals surface area contributed by atoms with E-state index in [1.54, 1.807) is 0 Å². The standard InChI is InChI=1S/C11H15IN2/c1-11(2)6-5-9(11)14-10-8(12)4-3-7-13-10/h3-4,7,9H,5-6H2,1-2H3,(H,13,14). The van der Waals surface area contributed by atoms with Crippen molar-refractivity contribution in [2.45, 2.75) is 32.7 Å². The maximum atomic E-state index is 4.35. The predicted molar refractivity (Wildman–Crippen MR) is 67.4 cm³/mol. The highest BCUT2D eigenvalue weighted by Gasteiger charge is 2.38. The van der Waals surface area contributed by atoms with E-state index in [1.807, 2.05) is 12.3 Å². The Morgan fingerprint density at radius 1 is 1.57 bits per heavy atom. The highest BCUT2D eigenvalue weighted by molar-refractivity contribution is 14.1. The van der Waals surface area contributed by atoms with E-state index in [1.165, 1.54) is 16.4 Å². The second kappa shape index (κ2) is 3.68. The van der Waals surface area contributed by atoms with Crippen LogP contribution in [0, 0.1) is 8.99 Å². The summed E-state index contributed by atoms with van der Waals surface area (Å²) in [5, 5.41) is 3.52. The van der Waals surface area contributed by atoms with E-state index in [0.717, 1.165) is 5.82 Å². The van der Waals surface area contributed by atoms with Gasteiger partial charge in [0.2, 0.25) is 0 Å². The Balaban J connectivity index is 2.08. The lowest BCUT2D eigenvalue weighted by atomic mass is 9.67. The Bertz CT molecular complexity index is 336. The molecular formula is C11H15IN2. The fraction of sp³-hybridized carbons (Fsp3) is 0.545. The summed E-state index contributed by atoms with van der Waals surface area (Å²) >= 11 is 2.32. The lowest BCUT2D eigenvalue weighted by Crippen LogP contribution is -2.45. The fourth-order valence-corrected chi connectivity index (χ4v) is 2.29. The first-order valence-electron chi connectivity index (χ1n) is 4.97. The van der Waals surface area contributed by atoms with Crippen LogP contribution in [0.2, 0.25) is 0 Å². The monoisotopic (exact) mass is 302 g/mol. The van der Waals surface area contributed by atoms with E-state index in [0.29, 0.717) is 11.5 Å². The minimum Gasteiger partial charge on any atom is -0.366 e. The van der Waals surface area contributed by atoms with Crippen LogP contribution in [-0.2, 0) is 0 Å². The van der Waals surface area contributed by atoms with Crippen molar-refractivity contribution in [3.05, 3.63) is 21.9 Å². The van der Waals surface area contributed by atoms with Gasteiger partial charge in [-0.1, -0.05) is 13.8 Å². The van der Waals surface area contributed by atoms with E-state index in [9.17, 15) is 0 Å². The normalized spacial score (nSPS) is 24.1. The highest BCUT2D eigenvalue weighted by Crippen LogP contribution is 2.41. The first-order valence-corrected chi connectivity index (χ1v) is 6.04. The number of nitrogens with zero attached hydrogens (tertiary/aromatic N) is 1. The van der Waals surface area contributed by atoms with Gasteiger partial charge in [-0.25, -0.2) is 4.98 Å². The quantitative estimate of drug-likeness (QED) is 0.848. The van der Waals surface area contributed by atoms with E-state index < -0.39 is 0 Å². The van der Waals surface area contributed by atoms with Gasteiger partial charge in [0, 0.05) is 12.2 Å². The molecular weight excluding hydrogens is 287 g/mol. The number of rotatable bonds is 2. The molecule has 1 heterocycles. The van der Waals surface area contributed by atoms with Gasteiger partial charge in [-0.05, 0) is 53.0 Å². The zero-order valence-electron chi connectivity index (χ0n) is 8.55. The molecule has 1 N–H and O–H groups in total. The molecule has 1 aliphatic carbocycles. The second-order valence-corrected chi connectivity index (χ2v) is 5.72. The fourth-order valence-electron chi connectivity index (χ4n) is 1.79. The van der Waals surface area contributed by atoms with Gasteiger partial charge in [0.1, 0.15) is 5.82 Å². The number of nitrogens with one attached hydrogen (secondary N) is 1. The lowest BCUT2D eigenvalue weighted by Gasteiger charge is -2.45. The maximum absolute atomic E-state index is 4.35. The summed E-state index contributed by atoms with van der Waals surface area (Å²) in [5.74, 6) is 1.03. The first-order chi connectivity index (χ1) is 6.59.